The summed E-state index contributed by atoms with van der Waals surface area (Å²) in [6, 6.07) is 4.43. The maximum atomic E-state index is 8.89. The molecule has 0 amide bonds. The molecule has 1 aliphatic rings. The first-order valence-electron chi connectivity index (χ1n) is 8.10. The Morgan fingerprint density at radius 2 is 1.82 bits per heavy atom. The van der Waals surface area contributed by atoms with Crippen molar-refractivity contribution in [1.82, 2.24) is 0 Å². The molecule has 0 N–H and O–H groups in total. The summed E-state index contributed by atoms with van der Waals surface area (Å²) in [4.78, 5) is 0. The molecule has 1 rings (SSSR count). The molecule has 1 aliphatic heterocycles. The molecule has 0 aliphatic carbocycles. The highest BCUT2D eigenvalue weighted by Gasteiger charge is 2.34. The van der Waals surface area contributed by atoms with E-state index in [0.717, 1.165) is 25.7 Å². The van der Waals surface area contributed by atoms with Crippen molar-refractivity contribution in [1.29, 1.82) is 10.5 Å². The lowest BCUT2D eigenvalue weighted by Crippen LogP contribution is -2.30. The van der Waals surface area contributed by atoms with Crippen LogP contribution in [0, 0.1) is 28.1 Å². The SMILES string of the molecule is CCCC(CCC#N)(CCC#N)COCC1COC(C)(C)O1. The van der Waals surface area contributed by atoms with Crippen LogP contribution in [0.2, 0.25) is 0 Å². The van der Waals surface area contributed by atoms with Crippen LogP contribution in [0.25, 0.3) is 0 Å². The van der Waals surface area contributed by atoms with Gasteiger partial charge in [-0.15, -0.1) is 0 Å². The van der Waals surface area contributed by atoms with Crippen LogP contribution >= 0.6 is 0 Å². The van der Waals surface area contributed by atoms with Gasteiger partial charge in [0.05, 0.1) is 32.0 Å². The van der Waals surface area contributed by atoms with E-state index in [-0.39, 0.29) is 11.5 Å². The summed E-state index contributed by atoms with van der Waals surface area (Å²) in [5.74, 6) is -0.532. The summed E-state index contributed by atoms with van der Waals surface area (Å²) in [5.41, 5.74) is -0.0742. The zero-order valence-corrected chi connectivity index (χ0v) is 14.1. The lowest BCUT2D eigenvalue weighted by atomic mass is 9.76. The number of rotatable bonds is 10. The molecule has 1 fully saturated rings. The van der Waals surface area contributed by atoms with Gasteiger partial charge in [0.15, 0.2) is 5.79 Å². The summed E-state index contributed by atoms with van der Waals surface area (Å²) in [6.07, 6.45) is 4.54. The summed E-state index contributed by atoms with van der Waals surface area (Å²) in [7, 11) is 0. The first-order chi connectivity index (χ1) is 10.5. The molecule has 0 saturated carbocycles. The van der Waals surface area contributed by atoms with Crippen molar-refractivity contribution in [2.75, 3.05) is 19.8 Å². The minimum absolute atomic E-state index is 0.0405. The van der Waals surface area contributed by atoms with E-state index in [4.69, 9.17) is 24.7 Å². The quantitative estimate of drug-likeness (QED) is 0.617. The van der Waals surface area contributed by atoms with Crippen LogP contribution in [0.15, 0.2) is 0 Å². The lowest BCUT2D eigenvalue weighted by Gasteiger charge is -2.32. The Bertz CT molecular complexity index is 391. The second-order valence-electron chi connectivity index (χ2n) is 6.53. The van der Waals surface area contributed by atoms with Crippen molar-refractivity contribution in [3.63, 3.8) is 0 Å². The minimum atomic E-state index is -0.532. The normalized spacial score (nSPS) is 20.5. The second kappa shape index (κ2) is 9.10. The number of nitriles is 2. The van der Waals surface area contributed by atoms with Crippen LogP contribution < -0.4 is 0 Å². The molecular formula is C17H28N2O3. The molecule has 0 aromatic carbocycles. The van der Waals surface area contributed by atoms with E-state index in [1.807, 2.05) is 13.8 Å². The Labute approximate surface area is 134 Å². The van der Waals surface area contributed by atoms with Crippen LogP contribution in [0.5, 0.6) is 0 Å². The van der Waals surface area contributed by atoms with Crippen LogP contribution in [0.1, 0.15) is 59.3 Å². The average Bonchev–Trinajstić information content (AvgIpc) is 2.82. The number of hydrogen-bond donors (Lipinski definition) is 0. The van der Waals surface area contributed by atoms with Gasteiger partial charge in [-0.25, -0.2) is 0 Å². The van der Waals surface area contributed by atoms with Crippen molar-refractivity contribution in [2.45, 2.75) is 71.2 Å². The topological polar surface area (TPSA) is 75.3 Å². The van der Waals surface area contributed by atoms with E-state index in [1.165, 1.54) is 0 Å². The van der Waals surface area contributed by atoms with Gasteiger partial charge < -0.3 is 14.2 Å². The van der Waals surface area contributed by atoms with Gasteiger partial charge >= 0.3 is 0 Å². The summed E-state index contributed by atoms with van der Waals surface area (Å²) in [6.45, 7) is 7.54. The fourth-order valence-corrected chi connectivity index (χ4v) is 3.02. The van der Waals surface area contributed by atoms with Gasteiger partial charge in [0.2, 0.25) is 0 Å². The standard InChI is InChI=1S/C17H28N2O3/c1-4-7-17(8-5-10-18,9-6-11-19)14-20-12-15-13-21-16(2,3)22-15/h15H,4-9,12-14H2,1-3H3. The molecule has 1 saturated heterocycles. The maximum Gasteiger partial charge on any atom is 0.163 e. The van der Waals surface area contributed by atoms with Gasteiger partial charge in [0.25, 0.3) is 0 Å². The van der Waals surface area contributed by atoms with Gasteiger partial charge in [-0.2, -0.15) is 10.5 Å². The molecule has 0 bridgehead atoms. The smallest absolute Gasteiger partial charge is 0.163 e. The van der Waals surface area contributed by atoms with Gasteiger partial charge in [0, 0.05) is 12.8 Å². The third-order valence-corrected chi connectivity index (χ3v) is 4.09. The Morgan fingerprint density at radius 1 is 1.18 bits per heavy atom. The molecule has 0 aromatic heterocycles. The molecule has 0 spiro atoms. The summed E-state index contributed by atoms with van der Waals surface area (Å²) in [5, 5.41) is 17.8. The monoisotopic (exact) mass is 308 g/mol. The minimum Gasteiger partial charge on any atom is -0.378 e. The first-order valence-corrected chi connectivity index (χ1v) is 8.10. The highest BCUT2D eigenvalue weighted by Crippen LogP contribution is 2.35. The van der Waals surface area contributed by atoms with Crippen molar-refractivity contribution < 1.29 is 14.2 Å². The number of ether oxygens (including phenoxy) is 3. The third kappa shape index (κ3) is 6.32. The molecule has 5 nitrogen and oxygen atoms in total. The van der Waals surface area contributed by atoms with E-state index in [9.17, 15) is 0 Å². The second-order valence-corrected chi connectivity index (χ2v) is 6.53. The van der Waals surface area contributed by atoms with Gasteiger partial charge in [-0.3, -0.25) is 0 Å². The maximum absolute atomic E-state index is 8.89. The largest absolute Gasteiger partial charge is 0.378 e. The van der Waals surface area contributed by atoms with Crippen molar-refractivity contribution in [2.24, 2.45) is 5.41 Å². The number of nitrogens with zero attached hydrogens (tertiary/aromatic N) is 2. The molecule has 1 unspecified atom stereocenters. The van der Waals surface area contributed by atoms with Crippen molar-refractivity contribution >= 4 is 0 Å². The Balaban J connectivity index is 2.51. The van der Waals surface area contributed by atoms with E-state index in [0.29, 0.717) is 32.7 Å². The Hall–Kier alpha value is -1.14. The molecule has 1 atom stereocenters. The van der Waals surface area contributed by atoms with Gasteiger partial charge in [0.1, 0.15) is 6.10 Å². The zero-order valence-electron chi connectivity index (χ0n) is 14.1. The molecule has 124 valence electrons. The van der Waals surface area contributed by atoms with Crippen LogP contribution in [-0.2, 0) is 14.2 Å². The van der Waals surface area contributed by atoms with Gasteiger partial charge in [-0.1, -0.05) is 13.3 Å². The lowest BCUT2D eigenvalue weighted by molar-refractivity contribution is -0.147. The molecule has 0 aromatic rings. The van der Waals surface area contributed by atoms with Crippen LogP contribution in [0.3, 0.4) is 0 Å². The van der Waals surface area contributed by atoms with E-state index >= 15 is 0 Å². The zero-order chi connectivity index (χ0) is 16.5. The molecular weight excluding hydrogens is 280 g/mol. The summed E-state index contributed by atoms with van der Waals surface area (Å²) >= 11 is 0. The van der Waals surface area contributed by atoms with Crippen molar-refractivity contribution in [3.8, 4) is 12.1 Å². The highest BCUT2D eigenvalue weighted by molar-refractivity contribution is 4.87. The first kappa shape index (κ1) is 18.9. The average molecular weight is 308 g/mol. The molecule has 1 heterocycles. The predicted octanol–water partition coefficient (Wildman–Crippen LogP) is 3.55. The highest BCUT2D eigenvalue weighted by atomic mass is 16.7. The fourth-order valence-electron chi connectivity index (χ4n) is 3.02. The van der Waals surface area contributed by atoms with E-state index in [1.54, 1.807) is 0 Å². The van der Waals surface area contributed by atoms with Gasteiger partial charge in [-0.05, 0) is 38.5 Å². The Kier molecular flexibility index (Phi) is 7.82. The summed E-state index contributed by atoms with van der Waals surface area (Å²) < 4.78 is 17.2. The third-order valence-electron chi connectivity index (χ3n) is 4.09. The Morgan fingerprint density at radius 3 is 2.27 bits per heavy atom. The molecule has 22 heavy (non-hydrogen) atoms. The molecule has 5 heteroatoms. The van der Waals surface area contributed by atoms with Crippen molar-refractivity contribution in [3.05, 3.63) is 0 Å². The predicted molar refractivity (Wildman–Crippen MR) is 82.8 cm³/mol. The van der Waals surface area contributed by atoms with E-state index < -0.39 is 5.79 Å². The molecule has 0 radical (unpaired) electrons. The fraction of sp³-hybridized carbons (Fsp3) is 0.882. The van der Waals surface area contributed by atoms with Crippen LogP contribution in [0.4, 0.5) is 0 Å². The van der Waals surface area contributed by atoms with Crippen LogP contribution in [-0.4, -0.2) is 31.7 Å². The number of hydrogen-bond acceptors (Lipinski definition) is 5. The van der Waals surface area contributed by atoms with E-state index in [2.05, 4.69) is 19.1 Å².